The van der Waals surface area contributed by atoms with Gasteiger partial charge < -0.3 is 14.4 Å². The number of rotatable bonds is 7. The molecule has 1 aliphatic rings. The van der Waals surface area contributed by atoms with Gasteiger partial charge in [0, 0.05) is 42.3 Å². The Morgan fingerprint density at radius 1 is 1.26 bits per heavy atom. The molecule has 31 heavy (non-hydrogen) atoms. The molecule has 0 aliphatic carbocycles. The Morgan fingerprint density at radius 2 is 2.06 bits per heavy atom. The molecule has 0 N–H and O–H groups in total. The zero-order valence-electron chi connectivity index (χ0n) is 17.9. The van der Waals surface area contributed by atoms with E-state index in [0.29, 0.717) is 32.5 Å². The van der Waals surface area contributed by atoms with Gasteiger partial charge >= 0.3 is 5.97 Å². The third-order valence-electron chi connectivity index (χ3n) is 5.66. The van der Waals surface area contributed by atoms with Gasteiger partial charge in [0.15, 0.2) is 4.96 Å². The molecule has 4 rings (SSSR count). The second kappa shape index (κ2) is 9.51. The summed E-state index contributed by atoms with van der Waals surface area (Å²) in [5.74, 6) is 0.506. The smallest absolute Gasteiger partial charge is 0.310 e. The second-order valence-electron chi connectivity index (χ2n) is 7.67. The Kier molecular flexibility index (Phi) is 6.56. The van der Waals surface area contributed by atoms with Gasteiger partial charge in [0.2, 0.25) is 5.91 Å². The first-order valence-electron chi connectivity index (χ1n) is 10.6. The summed E-state index contributed by atoms with van der Waals surface area (Å²) >= 11 is 1.58. The highest BCUT2D eigenvalue weighted by molar-refractivity contribution is 7.15. The molecule has 1 unspecified atom stereocenters. The summed E-state index contributed by atoms with van der Waals surface area (Å²) in [4.78, 5) is 32.3. The number of esters is 1. The molecule has 0 spiro atoms. The number of aryl methyl sites for hydroxylation is 1. The number of thiazole rings is 1. The van der Waals surface area contributed by atoms with Crippen molar-refractivity contribution in [3.8, 4) is 17.0 Å². The van der Waals surface area contributed by atoms with Crippen molar-refractivity contribution in [2.45, 2.75) is 32.6 Å². The molecule has 3 aromatic rings. The van der Waals surface area contributed by atoms with Crippen LogP contribution in [0.1, 0.15) is 31.9 Å². The molecule has 1 aromatic carbocycles. The van der Waals surface area contributed by atoms with Gasteiger partial charge in [0.05, 0.1) is 25.3 Å². The largest absolute Gasteiger partial charge is 0.497 e. The van der Waals surface area contributed by atoms with E-state index in [-0.39, 0.29) is 17.8 Å². The number of aromatic nitrogens is 2. The molecule has 3 heterocycles. The van der Waals surface area contributed by atoms with E-state index in [1.54, 1.807) is 25.4 Å². The predicted molar refractivity (Wildman–Crippen MR) is 119 cm³/mol. The van der Waals surface area contributed by atoms with Crippen LogP contribution >= 0.6 is 11.3 Å². The lowest BCUT2D eigenvalue weighted by molar-refractivity contribution is -0.151. The van der Waals surface area contributed by atoms with Crippen LogP contribution in [0.2, 0.25) is 0 Å². The van der Waals surface area contributed by atoms with Gasteiger partial charge in [0.25, 0.3) is 0 Å². The third-order valence-corrected chi connectivity index (χ3v) is 6.55. The SMILES string of the molecule is CCOC(=O)C1CCCN(C(=O)CCc2csc3nc(-c4ccc(OC)cc4)cn23)C1. The number of likely N-dealkylation sites (tertiary alicyclic amines) is 1. The number of nitrogens with zero attached hydrogens (tertiary/aromatic N) is 3. The minimum absolute atomic E-state index is 0.0869. The molecule has 164 valence electrons. The van der Waals surface area contributed by atoms with Gasteiger partial charge in [-0.05, 0) is 50.5 Å². The molecule has 2 aromatic heterocycles. The first kappa shape index (κ1) is 21.4. The number of imidazole rings is 1. The lowest BCUT2D eigenvalue weighted by Gasteiger charge is -2.31. The van der Waals surface area contributed by atoms with Crippen LogP contribution in [0.15, 0.2) is 35.8 Å². The fraction of sp³-hybridized carbons (Fsp3) is 0.435. The maximum atomic E-state index is 12.8. The number of carbonyl (C=O) groups excluding carboxylic acids is 2. The van der Waals surface area contributed by atoms with Crippen molar-refractivity contribution in [3.05, 3.63) is 41.5 Å². The van der Waals surface area contributed by atoms with E-state index in [1.165, 1.54) is 0 Å². The topological polar surface area (TPSA) is 73.1 Å². The molecule has 7 nitrogen and oxygen atoms in total. The Hall–Kier alpha value is -2.87. The normalized spacial score (nSPS) is 16.5. The van der Waals surface area contributed by atoms with E-state index in [4.69, 9.17) is 14.5 Å². The summed E-state index contributed by atoms with van der Waals surface area (Å²) in [6, 6.07) is 7.82. The number of carbonyl (C=O) groups is 2. The van der Waals surface area contributed by atoms with Crippen LogP contribution in [0.3, 0.4) is 0 Å². The lowest BCUT2D eigenvalue weighted by Crippen LogP contribution is -2.42. The zero-order valence-corrected chi connectivity index (χ0v) is 18.7. The fourth-order valence-corrected chi connectivity index (χ4v) is 4.87. The van der Waals surface area contributed by atoms with Gasteiger partial charge in [-0.15, -0.1) is 11.3 Å². The van der Waals surface area contributed by atoms with Crippen molar-refractivity contribution in [2.75, 3.05) is 26.8 Å². The molecular weight excluding hydrogens is 414 g/mol. The number of fused-ring (bicyclic) bond motifs is 1. The van der Waals surface area contributed by atoms with E-state index in [1.807, 2.05) is 35.4 Å². The van der Waals surface area contributed by atoms with Gasteiger partial charge in [-0.3, -0.25) is 14.0 Å². The summed E-state index contributed by atoms with van der Waals surface area (Å²) in [5.41, 5.74) is 2.99. The minimum Gasteiger partial charge on any atom is -0.497 e. The number of methoxy groups -OCH3 is 1. The maximum Gasteiger partial charge on any atom is 0.310 e. The van der Waals surface area contributed by atoms with Gasteiger partial charge in [0.1, 0.15) is 5.75 Å². The number of amides is 1. The number of hydrogen-bond acceptors (Lipinski definition) is 6. The quantitative estimate of drug-likeness (QED) is 0.522. The third kappa shape index (κ3) is 4.74. The number of piperidine rings is 1. The number of benzene rings is 1. The lowest BCUT2D eigenvalue weighted by atomic mass is 9.98. The van der Waals surface area contributed by atoms with Crippen LogP contribution in [-0.4, -0.2) is 53.0 Å². The second-order valence-corrected chi connectivity index (χ2v) is 8.50. The van der Waals surface area contributed by atoms with E-state index < -0.39 is 0 Å². The predicted octanol–water partition coefficient (Wildman–Crippen LogP) is 3.81. The summed E-state index contributed by atoms with van der Waals surface area (Å²) in [7, 11) is 1.65. The van der Waals surface area contributed by atoms with Crippen molar-refractivity contribution < 1.29 is 19.1 Å². The standard InChI is InChI=1S/C23H27N3O4S/c1-3-30-22(28)17-5-4-12-25(13-17)21(27)11-8-18-15-31-23-24-20(14-26(18)23)16-6-9-19(29-2)10-7-16/h6-7,9-10,14-15,17H,3-5,8,11-13H2,1-2H3. The van der Waals surface area contributed by atoms with Crippen molar-refractivity contribution in [1.29, 1.82) is 0 Å². The summed E-state index contributed by atoms with van der Waals surface area (Å²) in [5, 5.41) is 2.06. The molecule has 1 atom stereocenters. The molecule has 1 aliphatic heterocycles. The van der Waals surface area contributed by atoms with Crippen LogP contribution in [-0.2, 0) is 20.7 Å². The Balaban J connectivity index is 1.40. The monoisotopic (exact) mass is 441 g/mol. The molecule has 1 saturated heterocycles. The highest BCUT2D eigenvalue weighted by atomic mass is 32.1. The first-order chi connectivity index (χ1) is 15.1. The summed E-state index contributed by atoms with van der Waals surface area (Å²) < 4.78 is 12.4. The van der Waals surface area contributed by atoms with Crippen LogP contribution in [0.4, 0.5) is 0 Å². The average Bonchev–Trinajstić information content (AvgIpc) is 3.39. The van der Waals surface area contributed by atoms with E-state index >= 15 is 0 Å². The summed E-state index contributed by atoms with van der Waals surface area (Å²) in [6.45, 7) is 3.35. The molecule has 1 amide bonds. The van der Waals surface area contributed by atoms with E-state index in [2.05, 4.69) is 9.78 Å². The van der Waals surface area contributed by atoms with Crippen molar-refractivity contribution >= 4 is 28.2 Å². The molecule has 0 radical (unpaired) electrons. The van der Waals surface area contributed by atoms with E-state index in [0.717, 1.165) is 40.5 Å². The molecule has 8 heteroatoms. The van der Waals surface area contributed by atoms with Crippen molar-refractivity contribution in [2.24, 2.45) is 5.92 Å². The Labute approximate surface area is 185 Å². The van der Waals surface area contributed by atoms with Gasteiger partial charge in [-0.1, -0.05) is 0 Å². The average molecular weight is 442 g/mol. The highest BCUT2D eigenvalue weighted by Crippen LogP contribution is 2.26. The Morgan fingerprint density at radius 3 is 2.81 bits per heavy atom. The van der Waals surface area contributed by atoms with Crippen LogP contribution in [0, 0.1) is 5.92 Å². The van der Waals surface area contributed by atoms with Crippen molar-refractivity contribution in [1.82, 2.24) is 14.3 Å². The highest BCUT2D eigenvalue weighted by Gasteiger charge is 2.29. The number of ether oxygens (including phenoxy) is 2. The molecular formula is C23H27N3O4S. The fourth-order valence-electron chi connectivity index (χ4n) is 3.96. The first-order valence-corrected chi connectivity index (χ1v) is 11.5. The number of hydrogen-bond donors (Lipinski definition) is 0. The van der Waals surface area contributed by atoms with Crippen molar-refractivity contribution in [3.63, 3.8) is 0 Å². The van der Waals surface area contributed by atoms with Gasteiger partial charge in [-0.2, -0.15) is 0 Å². The zero-order chi connectivity index (χ0) is 21.8. The molecule has 0 bridgehead atoms. The maximum absolute atomic E-state index is 12.8. The van der Waals surface area contributed by atoms with Crippen LogP contribution in [0.5, 0.6) is 5.75 Å². The van der Waals surface area contributed by atoms with Crippen LogP contribution in [0.25, 0.3) is 16.2 Å². The molecule has 1 fully saturated rings. The van der Waals surface area contributed by atoms with Crippen LogP contribution < -0.4 is 4.74 Å². The summed E-state index contributed by atoms with van der Waals surface area (Å²) in [6.07, 6.45) is 4.70. The van der Waals surface area contributed by atoms with E-state index in [9.17, 15) is 9.59 Å². The molecule has 0 saturated carbocycles. The minimum atomic E-state index is -0.203. The van der Waals surface area contributed by atoms with Gasteiger partial charge in [-0.25, -0.2) is 4.98 Å². The Bertz CT molecular complexity index is 1060.